The number of carbonyl (C=O) groups excluding carboxylic acids is 1. The number of nitrogens with one attached hydrogen (secondary N) is 1. The molecule has 0 spiro atoms. The van der Waals surface area contributed by atoms with Gasteiger partial charge in [-0.15, -0.1) is 0 Å². The number of nitrogen functional groups attached to an aromatic ring is 1. The van der Waals surface area contributed by atoms with E-state index in [4.69, 9.17) is 5.73 Å². The van der Waals surface area contributed by atoms with Crippen LogP contribution in [-0.4, -0.2) is 15.8 Å². The molecule has 0 radical (unpaired) electrons. The normalized spacial score (nSPS) is 10.5. The molecule has 4 nitrogen and oxygen atoms in total. The second-order valence-electron chi connectivity index (χ2n) is 4.16. The van der Waals surface area contributed by atoms with E-state index in [0.29, 0.717) is 17.1 Å². The molecule has 0 amide bonds. The molecule has 0 aliphatic heterocycles. The molecule has 1 heterocycles. The molecule has 0 fully saturated rings. The summed E-state index contributed by atoms with van der Waals surface area (Å²) in [6.07, 6.45) is 3.62. The maximum absolute atomic E-state index is 12.1. The molecule has 0 aliphatic carbocycles. The van der Waals surface area contributed by atoms with Gasteiger partial charge >= 0.3 is 0 Å². The molecule has 2 rings (SSSR count). The first-order chi connectivity index (χ1) is 8.08. The molecular weight excluding hydrogens is 214 g/mol. The number of benzene rings is 1. The van der Waals surface area contributed by atoms with Crippen LogP contribution in [0.25, 0.3) is 0 Å². The second-order valence-corrected chi connectivity index (χ2v) is 4.16. The van der Waals surface area contributed by atoms with Crippen LogP contribution in [0.4, 0.5) is 5.69 Å². The SMILES string of the molecule is Cc1cc(C)c(C(=O)Cc2ncc[nH]2)cc1N. The smallest absolute Gasteiger partial charge is 0.170 e. The summed E-state index contributed by atoms with van der Waals surface area (Å²) in [6, 6.07) is 3.68. The summed E-state index contributed by atoms with van der Waals surface area (Å²) in [5, 5.41) is 0. The van der Waals surface area contributed by atoms with Gasteiger partial charge in [0.25, 0.3) is 0 Å². The molecule has 1 aromatic carbocycles. The van der Waals surface area contributed by atoms with Crippen molar-refractivity contribution in [3.8, 4) is 0 Å². The zero-order valence-corrected chi connectivity index (χ0v) is 9.95. The Morgan fingerprint density at radius 3 is 2.76 bits per heavy atom. The molecule has 0 saturated carbocycles. The highest BCUT2D eigenvalue weighted by molar-refractivity contribution is 5.99. The van der Waals surface area contributed by atoms with Crippen LogP contribution in [-0.2, 0) is 6.42 Å². The van der Waals surface area contributed by atoms with Gasteiger partial charge in [0.1, 0.15) is 5.82 Å². The average molecular weight is 229 g/mol. The first-order valence-electron chi connectivity index (χ1n) is 5.46. The number of carbonyl (C=O) groups is 1. The van der Waals surface area contributed by atoms with E-state index in [1.54, 1.807) is 18.5 Å². The molecular formula is C13H15N3O. The molecule has 4 heteroatoms. The van der Waals surface area contributed by atoms with E-state index in [9.17, 15) is 4.79 Å². The third-order valence-electron chi connectivity index (χ3n) is 2.80. The van der Waals surface area contributed by atoms with Crippen LogP contribution < -0.4 is 5.73 Å². The summed E-state index contributed by atoms with van der Waals surface area (Å²) < 4.78 is 0. The molecule has 3 N–H and O–H groups in total. The van der Waals surface area contributed by atoms with Crippen LogP contribution in [0.5, 0.6) is 0 Å². The summed E-state index contributed by atoms with van der Waals surface area (Å²) in [5.74, 6) is 0.706. The number of nitrogens with zero attached hydrogens (tertiary/aromatic N) is 1. The zero-order valence-electron chi connectivity index (χ0n) is 9.95. The van der Waals surface area contributed by atoms with Gasteiger partial charge in [0.2, 0.25) is 0 Å². The first-order valence-corrected chi connectivity index (χ1v) is 5.46. The molecule has 17 heavy (non-hydrogen) atoms. The lowest BCUT2D eigenvalue weighted by atomic mass is 9.99. The molecule has 2 aromatic rings. The van der Waals surface area contributed by atoms with Crippen LogP contribution in [0.3, 0.4) is 0 Å². The number of anilines is 1. The molecule has 1 aromatic heterocycles. The Hall–Kier alpha value is -2.10. The van der Waals surface area contributed by atoms with Crippen molar-refractivity contribution in [3.05, 3.63) is 47.0 Å². The lowest BCUT2D eigenvalue weighted by molar-refractivity contribution is 0.0990. The number of aryl methyl sites for hydroxylation is 2. The largest absolute Gasteiger partial charge is 0.398 e. The zero-order chi connectivity index (χ0) is 12.4. The van der Waals surface area contributed by atoms with Gasteiger partial charge in [0.15, 0.2) is 5.78 Å². The fourth-order valence-corrected chi connectivity index (χ4v) is 1.81. The van der Waals surface area contributed by atoms with Crippen molar-refractivity contribution in [2.24, 2.45) is 0 Å². The summed E-state index contributed by atoms with van der Waals surface area (Å²) in [4.78, 5) is 19.0. The predicted molar refractivity (Wildman–Crippen MR) is 67.0 cm³/mol. The minimum atomic E-state index is 0.0316. The molecule has 0 bridgehead atoms. The molecule has 88 valence electrons. The van der Waals surface area contributed by atoms with Gasteiger partial charge < -0.3 is 10.7 Å². The quantitative estimate of drug-likeness (QED) is 0.625. The summed E-state index contributed by atoms with van der Waals surface area (Å²) >= 11 is 0. The van der Waals surface area contributed by atoms with Crippen molar-refractivity contribution < 1.29 is 4.79 Å². The number of Topliss-reactive ketones (excluding diaryl/α,β-unsaturated/α-hetero) is 1. The van der Waals surface area contributed by atoms with Crippen LogP contribution in [0.15, 0.2) is 24.5 Å². The van der Waals surface area contributed by atoms with E-state index >= 15 is 0 Å². The molecule has 0 saturated heterocycles. The van der Waals surface area contributed by atoms with Crippen molar-refractivity contribution in [2.75, 3.05) is 5.73 Å². The third-order valence-corrected chi connectivity index (χ3v) is 2.80. The maximum Gasteiger partial charge on any atom is 0.170 e. The van der Waals surface area contributed by atoms with Crippen LogP contribution in [0.1, 0.15) is 27.3 Å². The highest BCUT2D eigenvalue weighted by atomic mass is 16.1. The fourth-order valence-electron chi connectivity index (χ4n) is 1.81. The number of aromatic nitrogens is 2. The molecule has 0 unspecified atom stereocenters. The Bertz CT molecular complexity index is 544. The number of hydrogen-bond acceptors (Lipinski definition) is 3. The van der Waals surface area contributed by atoms with Gasteiger partial charge in [-0.2, -0.15) is 0 Å². The minimum absolute atomic E-state index is 0.0316. The van der Waals surface area contributed by atoms with Gasteiger partial charge in [0.05, 0.1) is 6.42 Å². The van der Waals surface area contributed by atoms with Crippen molar-refractivity contribution in [1.82, 2.24) is 9.97 Å². The fraction of sp³-hybridized carbons (Fsp3) is 0.231. The number of H-pyrrole nitrogens is 1. The van der Waals surface area contributed by atoms with Crippen molar-refractivity contribution in [2.45, 2.75) is 20.3 Å². The van der Waals surface area contributed by atoms with E-state index in [1.165, 1.54) is 0 Å². The number of imidazole rings is 1. The lowest BCUT2D eigenvalue weighted by Gasteiger charge is -2.08. The van der Waals surface area contributed by atoms with E-state index in [2.05, 4.69) is 9.97 Å². The standard InChI is InChI=1S/C13H15N3O/c1-8-5-9(2)11(14)6-10(8)12(17)7-13-15-3-4-16-13/h3-6H,7,14H2,1-2H3,(H,15,16). The number of hydrogen-bond donors (Lipinski definition) is 2. The Kier molecular flexibility index (Phi) is 2.95. The Labute approximate surface area is 99.9 Å². The number of ketones is 1. The van der Waals surface area contributed by atoms with E-state index < -0.39 is 0 Å². The highest BCUT2D eigenvalue weighted by Crippen LogP contribution is 2.19. The van der Waals surface area contributed by atoms with Crippen LogP contribution >= 0.6 is 0 Å². The lowest BCUT2D eigenvalue weighted by Crippen LogP contribution is -2.08. The van der Waals surface area contributed by atoms with E-state index in [-0.39, 0.29) is 12.2 Å². The second kappa shape index (κ2) is 4.41. The predicted octanol–water partition coefficient (Wildman–Crippen LogP) is 2.03. The minimum Gasteiger partial charge on any atom is -0.398 e. The van der Waals surface area contributed by atoms with Crippen molar-refractivity contribution >= 4 is 11.5 Å². The van der Waals surface area contributed by atoms with Gasteiger partial charge in [-0.05, 0) is 31.0 Å². The first kappa shape index (κ1) is 11.4. The van der Waals surface area contributed by atoms with Crippen LogP contribution in [0.2, 0.25) is 0 Å². The average Bonchev–Trinajstić information content (AvgIpc) is 2.76. The van der Waals surface area contributed by atoms with E-state index in [1.807, 2.05) is 19.9 Å². The number of rotatable bonds is 3. The van der Waals surface area contributed by atoms with Gasteiger partial charge in [0, 0.05) is 23.6 Å². The highest BCUT2D eigenvalue weighted by Gasteiger charge is 2.12. The van der Waals surface area contributed by atoms with Gasteiger partial charge in [-0.1, -0.05) is 6.07 Å². The number of nitrogens with two attached hydrogens (primary N) is 1. The van der Waals surface area contributed by atoms with Gasteiger partial charge in [-0.25, -0.2) is 4.98 Å². The number of aromatic amines is 1. The maximum atomic E-state index is 12.1. The van der Waals surface area contributed by atoms with Gasteiger partial charge in [-0.3, -0.25) is 4.79 Å². The monoisotopic (exact) mass is 229 g/mol. The molecule has 0 atom stereocenters. The molecule has 0 aliphatic rings. The van der Waals surface area contributed by atoms with Crippen LogP contribution in [0, 0.1) is 13.8 Å². The van der Waals surface area contributed by atoms with Crippen molar-refractivity contribution in [3.63, 3.8) is 0 Å². The van der Waals surface area contributed by atoms with Crippen molar-refractivity contribution in [1.29, 1.82) is 0 Å². The summed E-state index contributed by atoms with van der Waals surface area (Å²) in [6.45, 7) is 3.85. The summed E-state index contributed by atoms with van der Waals surface area (Å²) in [7, 11) is 0. The van der Waals surface area contributed by atoms with E-state index in [0.717, 1.165) is 11.1 Å². The Morgan fingerprint density at radius 1 is 1.35 bits per heavy atom. The summed E-state index contributed by atoms with van der Waals surface area (Å²) in [5.41, 5.74) is 9.10. The topological polar surface area (TPSA) is 71.8 Å². The Balaban J connectivity index is 2.28. The third kappa shape index (κ3) is 2.36. The Morgan fingerprint density at radius 2 is 2.12 bits per heavy atom.